The molecule has 4 rings (SSSR count). The molecule has 0 spiro atoms. The minimum absolute atomic E-state index is 0.171. The maximum absolute atomic E-state index is 13.0. The molecule has 1 aliphatic heterocycles. The molecule has 2 N–H and O–H groups in total. The fourth-order valence-electron chi connectivity index (χ4n) is 6.21. The summed E-state index contributed by atoms with van der Waals surface area (Å²) in [5, 5.41) is 0. The Balaban J connectivity index is 1.22. The van der Waals surface area contributed by atoms with Crippen LogP contribution in [0.1, 0.15) is 70.6 Å². The molecule has 0 aromatic carbocycles. The maximum Gasteiger partial charge on any atom is 0.225 e. The van der Waals surface area contributed by atoms with Crippen molar-refractivity contribution in [3.05, 3.63) is 0 Å². The first kappa shape index (κ1) is 19.2. The second-order valence-corrected chi connectivity index (χ2v) is 9.59. The van der Waals surface area contributed by atoms with E-state index < -0.39 is 0 Å². The molecule has 3 saturated carbocycles. The standard InChI is InChI=1S/C22H37N3O2/c23-21-17-6-3-7-18(21)15-19(14-17)22(27)25-12-10-24(11-13-25)20(26)9-8-16-4-1-2-5-16/h16-19,21H,1-15,23H2. The predicted molar refractivity (Wildman–Crippen MR) is 106 cm³/mol. The van der Waals surface area contributed by atoms with Gasteiger partial charge in [0.05, 0.1) is 0 Å². The Kier molecular flexibility index (Phi) is 6.05. The second-order valence-electron chi connectivity index (χ2n) is 9.59. The molecule has 0 radical (unpaired) electrons. The van der Waals surface area contributed by atoms with Crippen molar-refractivity contribution in [3.8, 4) is 0 Å². The number of carbonyl (C=O) groups is 2. The van der Waals surface area contributed by atoms with E-state index in [-0.39, 0.29) is 5.92 Å². The molecule has 4 fully saturated rings. The van der Waals surface area contributed by atoms with E-state index in [9.17, 15) is 9.59 Å². The molecule has 0 aromatic rings. The summed E-state index contributed by atoms with van der Waals surface area (Å²) in [5.41, 5.74) is 6.38. The molecule has 2 amide bonds. The Hall–Kier alpha value is -1.10. The Morgan fingerprint density at radius 3 is 2.04 bits per heavy atom. The lowest BCUT2D eigenvalue weighted by Crippen LogP contribution is -2.54. The summed E-state index contributed by atoms with van der Waals surface area (Å²) >= 11 is 0. The van der Waals surface area contributed by atoms with Gasteiger partial charge in [0, 0.05) is 44.6 Å². The minimum atomic E-state index is 0.171. The van der Waals surface area contributed by atoms with Gasteiger partial charge in [0.1, 0.15) is 0 Å². The van der Waals surface area contributed by atoms with Gasteiger partial charge in [-0.25, -0.2) is 0 Å². The Bertz CT molecular complexity index is 524. The van der Waals surface area contributed by atoms with Crippen LogP contribution in [0.4, 0.5) is 0 Å². The third-order valence-electron chi connectivity index (χ3n) is 7.95. The summed E-state index contributed by atoms with van der Waals surface area (Å²) in [6, 6.07) is 0.317. The lowest BCUT2D eigenvalue weighted by molar-refractivity contribution is -0.144. The van der Waals surface area contributed by atoms with Crippen LogP contribution in [0.5, 0.6) is 0 Å². The van der Waals surface area contributed by atoms with Gasteiger partial charge in [0.25, 0.3) is 0 Å². The highest BCUT2D eigenvalue weighted by atomic mass is 16.2. The summed E-state index contributed by atoms with van der Waals surface area (Å²) < 4.78 is 0. The van der Waals surface area contributed by atoms with Crippen LogP contribution in [0.2, 0.25) is 0 Å². The van der Waals surface area contributed by atoms with Gasteiger partial charge in [0.2, 0.25) is 11.8 Å². The number of carbonyl (C=O) groups excluding carboxylic acids is 2. The van der Waals surface area contributed by atoms with Gasteiger partial charge < -0.3 is 15.5 Å². The van der Waals surface area contributed by atoms with E-state index in [4.69, 9.17) is 5.73 Å². The highest BCUT2D eigenvalue weighted by molar-refractivity contribution is 5.80. The van der Waals surface area contributed by atoms with Gasteiger partial charge in [-0.1, -0.05) is 32.1 Å². The van der Waals surface area contributed by atoms with Crippen LogP contribution in [0.15, 0.2) is 0 Å². The van der Waals surface area contributed by atoms with Crippen molar-refractivity contribution in [2.45, 2.75) is 76.7 Å². The molecule has 27 heavy (non-hydrogen) atoms. The molecule has 5 nitrogen and oxygen atoms in total. The van der Waals surface area contributed by atoms with Crippen LogP contribution in [0, 0.1) is 23.7 Å². The van der Waals surface area contributed by atoms with Crippen LogP contribution in [0.25, 0.3) is 0 Å². The zero-order chi connectivity index (χ0) is 18.8. The first-order valence-electron chi connectivity index (χ1n) is 11.4. The van der Waals surface area contributed by atoms with E-state index in [1.807, 2.05) is 9.80 Å². The summed E-state index contributed by atoms with van der Waals surface area (Å²) in [7, 11) is 0. The molecular formula is C22H37N3O2. The average molecular weight is 376 g/mol. The summed E-state index contributed by atoms with van der Waals surface area (Å²) in [6.45, 7) is 2.86. The highest BCUT2D eigenvalue weighted by Gasteiger charge is 2.42. The second kappa shape index (κ2) is 8.50. The molecular weight excluding hydrogens is 338 g/mol. The number of amides is 2. The summed E-state index contributed by atoms with van der Waals surface area (Å²) in [6.07, 6.45) is 12.7. The summed E-state index contributed by atoms with van der Waals surface area (Å²) in [5.74, 6) is 2.66. The lowest BCUT2D eigenvalue weighted by Gasteiger charge is -2.45. The van der Waals surface area contributed by atoms with Crippen LogP contribution < -0.4 is 5.73 Å². The molecule has 3 aliphatic carbocycles. The van der Waals surface area contributed by atoms with E-state index in [2.05, 4.69) is 0 Å². The molecule has 1 saturated heterocycles. The monoisotopic (exact) mass is 375 g/mol. The first-order chi connectivity index (χ1) is 13.1. The maximum atomic E-state index is 13.0. The summed E-state index contributed by atoms with van der Waals surface area (Å²) in [4.78, 5) is 29.6. The fraction of sp³-hybridized carbons (Fsp3) is 0.909. The zero-order valence-corrected chi connectivity index (χ0v) is 16.8. The number of nitrogens with zero attached hydrogens (tertiary/aromatic N) is 2. The van der Waals surface area contributed by atoms with E-state index in [1.54, 1.807) is 0 Å². The number of hydrogen-bond donors (Lipinski definition) is 1. The van der Waals surface area contributed by atoms with E-state index in [0.717, 1.165) is 25.2 Å². The largest absolute Gasteiger partial charge is 0.339 e. The van der Waals surface area contributed by atoms with Crippen molar-refractivity contribution >= 4 is 11.8 Å². The van der Waals surface area contributed by atoms with Gasteiger partial charge in [-0.3, -0.25) is 9.59 Å². The smallest absolute Gasteiger partial charge is 0.225 e. The molecule has 4 aliphatic rings. The molecule has 0 aromatic heterocycles. The number of piperazine rings is 1. The molecule has 2 bridgehead atoms. The van der Waals surface area contributed by atoms with E-state index in [1.165, 1.54) is 44.9 Å². The third-order valence-corrected chi connectivity index (χ3v) is 7.95. The Morgan fingerprint density at radius 1 is 0.815 bits per heavy atom. The Morgan fingerprint density at radius 2 is 1.41 bits per heavy atom. The molecule has 2 atom stereocenters. The highest BCUT2D eigenvalue weighted by Crippen LogP contribution is 2.42. The molecule has 5 heteroatoms. The van der Waals surface area contributed by atoms with E-state index in [0.29, 0.717) is 62.3 Å². The van der Waals surface area contributed by atoms with Gasteiger partial charge in [0.15, 0.2) is 0 Å². The SMILES string of the molecule is NC1C2CCCC1CC(C(=O)N1CCN(C(=O)CCC3CCCC3)CC1)C2. The zero-order valence-electron chi connectivity index (χ0n) is 16.8. The van der Waals surface area contributed by atoms with Gasteiger partial charge in [-0.05, 0) is 49.9 Å². The van der Waals surface area contributed by atoms with Gasteiger partial charge in [-0.2, -0.15) is 0 Å². The van der Waals surface area contributed by atoms with Crippen molar-refractivity contribution in [3.63, 3.8) is 0 Å². The lowest BCUT2D eigenvalue weighted by atomic mass is 9.65. The number of nitrogens with two attached hydrogens (primary N) is 1. The molecule has 2 unspecified atom stereocenters. The first-order valence-corrected chi connectivity index (χ1v) is 11.4. The van der Waals surface area contributed by atoms with Crippen molar-refractivity contribution < 1.29 is 9.59 Å². The van der Waals surface area contributed by atoms with Gasteiger partial charge in [-0.15, -0.1) is 0 Å². The average Bonchev–Trinajstić information content (AvgIpc) is 3.19. The number of hydrogen-bond acceptors (Lipinski definition) is 3. The normalized spacial score (nSPS) is 34.7. The quantitative estimate of drug-likeness (QED) is 0.822. The van der Waals surface area contributed by atoms with Crippen molar-refractivity contribution in [2.75, 3.05) is 26.2 Å². The van der Waals surface area contributed by atoms with Crippen molar-refractivity contribution in [2.24, 2.45) is 29.4 Å². The minimum Gasteiger partial charge on any atom is -0.339 e. The Labute approximate surface area is 164 Å². The van der Waals surface area contributed by atoms with Crippen LogP contribution in [-0.4, -0.2) is 53.8 Å². The predicted octanol–water partition coefficient (Wildman–Crippen LogP) is 2.78. The van der Waals surface area contributed by atoms with Crippen molar-refractivity contribution in [1.29, 1.82) is 0 Å². The fourth-order valence-corrected chi connectivity index (χ4v) is 6.21. The molecule has 152 valence electrons. The number of rotatable bonds is 4. The van der Waals surface area contributed by atoms with Crippen LogP contribution >= 0.6 is 0 Å². The molecule has 1 heterocycles. The third kappa shape index (κ3) is 4.33. The van der Waals surface area contributed by atoms with E-state index >= 15 is 0 Å². The number of fused-ring (bicyclic) bond motifs is 2. The van der Waals surface area contributed by atoms with Gasteiger partial charge >= 0.3 is 0 Å². The topological polar surface area (TPSA) is 66.6 Å². The van der Waals surface area contributed by atoms with Crippen molar-refractivity contribution in [1.82, 2.24) is 9.80 Å². The van der Waals surface area contributed by atoms with Crippen LogP contribution in [0.3, 0.4) is 0 Å². The van der Waals surface area contributed by atoms with Crippen LogP contribution in [-0.2, 0) is 9.59 Å².